The van der Waals surface area contributed by atoms with Gasteiger partial charge in [-0.1, -0.05) is 11.6 Å². The van der Waals surface area contributed by atoms with Crippen molar-refractivity contribution in [3.63, 3.8) is 0 Å². The highest BCUT2D eigenvalue weighted by molar-refractivity contribution is 6.29. The van der Waals surface area contributed by atoms with Crippen molar-refractivity contribution in [1.29, 1.82) is 5.26 Å². The van der Waals surface area contributed by atoms with Crippen LogP contribution in [0.5, 0.6) is 5.75 Å². The van der Waals surface area contributed by atoms with Crippen LogP contribution in [0.1, 0.15) is 20.0 Å². The number of nitriles is 1. The maximum absolute atomic E-state index is 12.2. The molecule has 8 heteroatoms. The molecule has 0 saturated carbocycles. The fraction of sp³-hybridized carbons (Fsp3) is 0.143. The number of aromatic nitrogens is 2. The molecule has 0 aliphatic heterocycles. The summed E-state index contributed by atoms with van der Waals surface area (Å²) in [6, 6.07) is 4.75. The lowest BCUT2D eigenvalue weighted by molar-refractivity contribution is 0.0963. The van der Waals surface area contributed by atoms with Gasteiger partial charge in [0.15, 0.2) is 11.6 Å². The van der Waals surface area contributed by atoms with E-state index in [1.54, 1.807) is 0 Å². The minimum atomic E-state index is -2.66. The van der Waals surface area contributed by atoms with Crippen molar-refractivity contribution in [2.45, 2.75) is 0 Å². The fourth-order valence-electron chi connectivity index (χ4n) is 1.74. The van der Waals surface area contributed by atoms with E-state index in [4.69, 9.17) is 25.7 Å². The van der Waals surface area contributed by atoms with Gasteiger partial charge in [-0.25, -0.2) is 9.97 Å². The number of carbonyl (C=O) groups excluding carboxylic acids is 1. The molecule has 0 aliphatic rings. The SMILES string of the molecule is [2H]C([2H])([2H])NC(=O)c1cnc(Cl)cc1Nc1nccc(C#N)c1OC. The maximum Gasteiger partial charge on any atom is 0.254 e. The summed E-state index contributed by atoms with van der Waals surface area (Å²) in [5.74, 6) is -0.547. The minimum absolute atomic E-state index is 0.0632. The van der Waals surface area contributed by atoms with E-state index in [2.05, 4.69) is 15.3 Å². The van der Waals surface area contributed by atoms with Crippen molar-refractivity contribution >= 4 is 29.0 Å². The summed E-state index contributed by atoms with van der Waals surface area (Å²) in [7, 11) is 1.37. The Morgan fingerprint density at radius 1 is 1.55 bits per heavy atom. The predicted molar refractivity (Wildman–Crippen MR) is 81.4 cm³/mol. The summed E-state index contributed by atoms with van der Waals surface area (Å²) in [6.07, 6.45) is 2.51. The van der Waals surface area contributed by atoms with Gasteiger partial charge in [-0.2, -0.15) is 5.26 Å². The number of rotatable bonds is 4. The number of ether oxygens (including phenoxy) is 1. The molecule has 0 unspecified atom stereocenters. The van der Waals surface area contributed by atoms with Crippen molar-refractivity contribution in [1.82, 2.24) is 15.3 Å². The average Bonchev–Trinajstić information content (AvgIpc) is 2.53. The van der Waals surface area contributed by atoms with Crippen LogP contribution in [0.25, 0.3) is 0 Å². The number of amides is 1. The molecule has 7 nitrogen and oxygen atoms in total. The number of halogens is 1. The molecule has 1 amide bonds. The fourth-order valence-corrected chi connectivity index (χ4v) is 1.90. The lowest BCUT2D eigenvalue weighted by Gasteiger charge is -2.13. The van der Waals surface area contributed by atoms with Crippen molar-refractivity contribution in [2.75, 3.05) is 19.4 Å². The first-order valence-corrected chi connectivity index (χ1v) is 6.31. The van der Waals surface area contributed by atoms with Gasteiger partial charge in [0.2, 0.25) is 0 Å². The molecule has 2 rings (SSSR count). The highest BCUT2D eigenvalue weighted by Crippen LogP contribution is 2.30. The van der Waals surface area contributed by atoms with Gasteiger partial charge in [-0.05, 0) is 12.1 Å². The standard InChI is InChI=1S/C14H12ClN5O2/c1-17-14(21)9-7-19-11(15)5-10(9)20-13-12(22-2)8(6-16)3-4-18-13/h3-5,7H,1-2H3,(H,17,21)(H,18,19,20)/i1D3. The number of nitrogens with one attached hydrogen (secondary N) is 2. The van der Waals surface area contributed by atoms with E-state index in [0.717, 1.165) is 6.20 Å². The van der Waals surface area contributed by atoms with Gasteiger partial charge in [0.1, 0.15) is 11.2 Å². The van der Waals surface area contributed by atoms with E-state index < -0.39 is 12.9 Å². The van der Waals surface area contributed by atoms with Crippen LogP contribution in [-0.4, -0.2) is 30.0 Å². The third-order valence-electron chi connectivity index (χ3n) is 2.71. The topological polar surface area (TPSA) is 99.9 Å². The number of hydrogen-bond donors (Lipinski definition) is 2. The number of methoxy groups -OCH3 is 1. The van der Waals surface area contributed by atoms with Crippen molar-refractivity contribution in [3.8, 4) is 11.8 Å². The minimum Gasteiger partial charge on any atom is -0.492 e. The van der Waals surface area contributed by atoms with Crippen LogP contribution in [-0.2, 0) is 0 Å². The summed E-state index contributed by atoms with van der Waals surface area (Å²) >= 11 is 5.86. The summed E-state index contributed by atoms with van der Waals surface area (Å²) in [5, 5.41) is 13.9. The monoisotopic (exact) mass is 320 g/mol. The molecule has 2 aromatic heterocycles. The second-order valence-electron chi connectivity index (χ2n) is 3.98. The van der Waals surface area contributed by atoms with Gasteiger partial charge in [0.25, 0.3) is 5.91 Å². The van der Waals surface area contributed by atoms with Gasteiger partial charge in [0, 0.05) is 23.5 Å². The molecule has 0 fully saturated rings. The quantitative estimate of drug-likeness (QED) is 0.837. The van der Waals surface area contributed by atoms with E-state index in [1.807, 2.05) is 11.4 Å². The average molecular weight is 321 g/mol. The molecular weight excluding hydrogens is 306 g/mol. The van der Waals surface area contributed by atoms with Crippen LogP contribution in [0.15, 0.2) is 24.5 Å². The summed E-state index contributed by atoms with van der Waals surface area (Å²) in [4.78, 5) is 20.0. The van der Waals surface area contributed by atoms with Crippen LogP contribution in [0, 0.1) is 11.3 Å². The molecular formula is C14H12ClN5O2. The molecule has 2 N–H and O–H groups in total. The van der Waals surface area contributed by atoms with E-state index in [1.165, 1.54) is 25.4 Å². The Kier molecular flexibility index (Phi) is 3.60. The zero-order valence-corrected chi connectivity index (χ0v) is 12.1. The molecule has 2 heterocycles. The third kappa shape index (κ3) is 3.07. The van der Waals surface area contributed by atoms with E-state index in [9.17, 15) is 4.79 Å². The van der Waals surface area contributed by atoms with Crippen LogP contribution in [0.2, 0.25) is 5.15 Å². The third-order valence-corrected chi connectivity index (χ3v) is 2.92. The summed E-state index contributed by atoms with van der Waals surface area (Å²) in [5.41, 5.74) is 0.322. The number of hydrogen-bond acceptors (Lipinski definition) is 6. The van der Waals surface area contributed by atoms with Crippen LogP contribution in [0.4, 0.5) is 11.5 Å². The number of nitrogens with zero attached hydrogens (tertiary/aromatic N) is 3. The van der Waals surface area contributed by atoms with E-state index in [0.29, 0.717) is 0 Å². The Hall–Kier alpha value is -2.85. The zero-order chi connectivity index (χ0) is 18.6. The Bertz CT molecular complexity index is 851. The van der Waals surface area contributed by atoms with Crippen molar-refractivity contribution in [2.24, 2.45) is 0 Å². The summed E-state index contributed by atoms with van der Waals surface area (Å²) < 4.78 is 26.5. The summed E-state index contributed by atoms with van der Waals surface area (Å²) in [6.45, 7) is -2.66. The Morgan fingerprint density at radius 2 is 2.36 bits per heavy atom. The highest BCUT2D eigenvalue weighted by atomic mass is 35.5. The first-order chi connectivity index (χ1) is 11.7. The molecule has 0 aromatic carbocycles. The molecule has 0 aliphatic carbocycles. The van der Waals surface area contributed by atoms with E-state index in [-0.39, 0.29) is 33.5 Å². The first kappa shape index (κ1) is 11.8. The normalized spacial score (nSPS) is 12.3. The molecule has 0 radical (unpaired) electrons. The van der Waals surface area contributed by atoms with Gasteiger partial charge in [-0.15, -0.1) is 0 Å². The Labute approximate surface area is 136 Å². The Morgan fingerprint density at radius 3 is 3.05 bits per heavy atom. The number of anilines is 2. The van der Waals surface area contributed by atoms with Gasteiger partial charge in [-0.3, -0.25) is 4.79 Å². The van der Waals surface area contributed by atoms with Crippen molar-refractivity contribution < 1.29 is 13.6 Å². The molecule has 0 atom stereocenters. The number of pyridine rings is 2. The van der Waals surface area contributed by atoms with Gasteiger partial charge in [0.05, 0.1) is 23.9 Å². The predicted octanol–water partition coefficient (Wildman–Crippen LogP) is 2.11. The molecule has 0 bridgehead atoms. The first-order valence-electron chi connectivity index (χ1n) is 7.43. The van der Waals surface area contributed by atoms with Crippen LogP contribution >= 0.6 is 11.6 Å². The second kappa shape index (κ2) is 6.74. The smallest absolute Gasteiger partial charge is 0.254 e. The second-order valence-corrected chi connectivity index (χ2v) is 4.37. The molecule has 22 heavy (non-hydrogen) atoms. The van der Waals surface area contributed by atoms with E-state index >= 15 is 0 Å². The Balaban J connectivity index is 2.46. The molecule has 112 valence electrons. The molecule has 2 aromatic rings. The molecule has 0 saturated heterocycles. The largest absolute Gasteiger partial charge is 0.492 e. The zero-order valence-electron chi connectivity index (χ0n) is 14.3. The lowest BCUT2D eigenvalue weighted by Crippen LogP contribution is -2.19. The van der Waals surface area contributed by atoms with Gasteiger partial charge >= 0.3 is 0 Å². The highest BCUT2D eigenvalue weighted by Gasteiger charge is 2.16. The van der Waals surface area contributed by atoms with Crippen molar-refractivity contribution in [3.05, 3.63) is 40.8 Å². The lowest BCUT2D eigenvalue weighted by atomic mass is 10.2. The maximum atomic E-state index is 12.2. The number of carbonyl (C=O) groups is 1. The molecule has 0 spiro atoms. The van der Waals surface area contributed by atoms with Crippen LogP contribution in [0.3, 0.4) is 0 Å². The van der Waals surface area contributed by atoms with Gasteiger partial charge < -0.3 is 15.4 Å². The van der Waals surface area contributed by atoms with Crippen LogP contribution < -0.4 is 15.4 Å².